The van der Waals surface area contributed by atoms with E-state index >= 15 is 0 Å². The fourth-order valence-corrected chi connectivity index (χ4v) is 2.08. The van der Waals surface area contributed by atoms with Gasteiger partial charge in [-0.15, -0.1) is 0 Å². The number of hydrogen-bond donors (Lipinski definition) is 3. The van der Waals surface area contributed by atoms with Crippen LogP contribution in [0, 0.1) is 5.82 Å². The summed E-state index contributed by atoms with van der Waals surface area (Å²) in [4.78, 5) is 11.9. The molecule has 0 saturated heterocycles. The van der Waals surface area contributed by atoms with Gasteiger partial charge < -0.3 is 5.32 Å². The topological polar surface area (TPSA) is 53.2 Å². The molecule has 0 atom stereocenters. The normalized spacial score (nSPS) is 10.8. The van der Waals surface area contributed by atoms with Gasteiger partial charge in [-0.2, -0.15) is 0 Å². The molecule has 20 heavy (non-hydrogen) atoms. The first-order valence-corrected chi connectivity index (χ1v) is 7.18. The minimum absolute atomic E-state index is 0.201. The molecule has 1 amide bonds. The molecule has 1 aromatic rings. The van der Waals surface area contributed by atoms with Crippen molar-refractivity contribution < 1.29 is 9.18 Å². The monoisotopic (exact) mass is 361 g/mol. The zero-order chi connectivity index (χ0) is 15.3. The van der Waals surface area contributed by atoms with E-state index in [2.05, 4.69) is 32.1 Å². The summed E-state index contributed by atoms with van der Waals surface area (Å²) >= 11 is 8.01. The predicted octanol–water partition coefficient (Wildman–Crippen LogP) is 2.38. The zero-order valence-corrected chi connectivity index (χ0v) is 13.9. The standard InChI is InChI=1S/C13H17BrFN3OS/c1-13(2,7-11(19)17-18-12(20)16-3)8-4-5-10(15)9(14)6-8/h4-6H,7H2,1-3H3,(H,17,19)(H2,16,18,20). The molecule has 0 aliphatic rings. The molecule has 0 saturated carbocycles. The fourth-order valence-electron chi connectivity index (χ4n) is 1.65. The van der Waals surface area contributed by atoms with E-state index in [0.717, 1.165) is 5.56 Å². The van der Waals surface area contributed by atoms with Gasteiger partial charge in [0.15, 0.2) is 5.11 Å². The molecule has 1 rings (SSSR count). The lowest BCUT2D eigenvalue weighted by Gasteiger charge is -2.25. The van der Waals surface area contributed by atoms with Crippen molar-refractivity contribution in [1.29, 1.82) is 0 Å². The van der Waals surface area contributed by atoms with Crippen molar-refractivity contribution in [3.63, 3.8) is 0 Å². The number of halogens is 2. The van der Waals surface area contributed by atoms with Crippen LogP contribution in [0.25, 0.3) is 0 Å². The molecule has 0 spiro atoms. The quantitative estimate of drug-likeness (QED) is 0.571. The maximum Gasteiger partial charge on any atom is 0.239 e. The van der Waals surface area contributed by atoms with Crippen LogP contribution in [-0.2, 0) is 10.2 Å². The van der Waals surface area contributed by atoms with Crippen molar-refractivity contribution in [2.24, 2.45) is 0 Å². The molecular formula is C13H17BrFN3OS. The Labute approximate surface area is 131 Å². The molecule has 0 heterocycles. The van der Waals surface area contributed by atoms with Gasteiger partial charge in [0.1, 0.15) is 5.82 Å². The van der Waals surface area contributed by atoms with E-state index in [0.29, 0.717) is 9.59 Å². The van der Waals surface area contributed by atoms with Gasteiger partial charge in [0, 0.05) is 13.5 Å². The molecule has 1 aromatic carbocycles. The van der Waals surface area contributed by atoms with E-state index in [1.807, 2.05) is 13.8 Å². The minimum Gasteiger partial charge on any atom is -0.364 e. The van der Waals surface area contributed by atoms with Gasteiger partial charge in [0.05, 0.1) is 4.47 Å². The van der Waals surface area contributed by atoms with Crippen LogP contribution < -0.4 is 16.2 Å². The van der Waals surface area contributed by atoms with Gasteiger partial charge in [-0.25, -0.2) is 4.39 Å². The maximum atomic E-state index is 13.2. The summed E-state index contributed by atoms with van der Waals surface area (Å²) < 4.78 is 13.6. The second kappa shape index (κ2) is 6.99. The lowest BCUT2D eigenvalue weighted by molar-refractivity contribution is -0.122. The highest BCUT2D eigenvalue weighted by Gasteiger charge is 2.25. The predicted molar refractivity (Wildman–Crippen MR) is 84.7 cm³/mol. The molecule has 0 unspecified atom stereocenters. The van der Waals surface area contributed by atoms with E-state index in [1.165, 1.54) is 6.07 Å². The summed E-state index contributed by atoms with van der Waals surface area (Å²) in [6.07, 6.45) is 0.240. The number of carbonyl (C=O) groups is 1. The Hall–Kier alpha value is -1.21. The van der Waals surface area contributed by atoms with Gasteiger partial charge in [-0.1, -0.05) is 19.9 Å². The number of nitrogens with one attached hydrogen (secondary N) is 3. The SMILES string of the molecule is CNC(=S)NNC(=O)CC(C)(C)c1ccc(F)c(Br)c1. The zero-order valence-electron chi connectivity index (χ0n) is 11.5. The molecule has 0 aliphatic heterocycles. The summed E-state index contributed by atoms with van der Waals surface area (Å²) in [5.74, 6) is -0.525. The Bertz CT molecular complexity index is 522. The lowest BCUT2D eigenvalue weighted by atomic mass is 9.81. The summed E-state index contributed by atoms with van der Waals surface area (Å²) in [6, 6.07) is 4.75. The number of hydrogen-bond acceptors (Lipinski definition) is 2. The van der Waals surface area contributed by atoms with Crippen molar-refractivity contribution in [3.8, 4) is 0 Å². The molecule has 4 nitrogen and oxygen atoms in total. The number of thiocarbonyl (C=S) groups is 1. The van der Waals surface area contributed by atoms with Crippen LogP contribution in [0.1, 0.15) is 25.8 Å². The smallest absolute Gasteiger partial charge is 0.239 e. The van der Waals surface area contributed by atoms with Gasteiger partial charge in [0.2, 0.25) is 5.91 Å². The van der Waals surface area contributed by atoms with E-state index in [9.17, 15) is 9.18 Å². The number of carbonyl (C=O) groups excluding carboxylic acids is 1. The molecular weight excluding hydrogens is 345 g/mol. The lowest BCUT2D eigenvalue weighted by Crippen LogP contribution is -2.46. The molecule has 110 valence electrons. The van der Waals surface area contributed by atoms with Gasteiger partial charge >= 0.3 is 0 Å². The van der Waals surface area contributed by atoms with Crippen LogP contribution >= 0.6 is 28.1 Å². The molecule has 0 aromatic heterocycles. The molecule has 0 fully saturated rings. The van der Waals surface area contributed by atoms with Crippen molar-refractivity contribution in [3.05, 3.63) is 34.1 Å². The summed E-state index contributed by atoms with van der Waals surface area (Å²) in [6.45, 7) is 3.84. The van der Waals surface area contributed by atoms with E-state index in [1.54, 1.807) is 19.2 Å². The van der Waals surface area contributed by atoms with Crippen LogP contribution in [-0.4, -0.2) is 18.1 Å². The number of amides is 1. The van der Waals surface area contributed by atoms with E-state index < -0.39 is 5.41 Å². The van der Waals surface area contributed by atoms with Crippen molar-refractivity contribution >= 4 is 39.2 Å². The largest absolute Gasteiger partial charge is 0.364 e. The Balaban J connectivity index is 2.71. The highest BCUT2D eigenvalue weighted by molar-refractivity contribution is 9.10. The summed E-state index contributed by atoms with van der Waals surface area (Å²) in [7, 11) is 1.65. The Morgan fingerprint density at radius 2 is 2.05 bits per heavy atom. The first-order valence-electron chi connectivity index (χ1n) is 5.98. The second-order valence-corrected chi connectivity index (χ2v) is 6.20. The molecule has 7 heteroatoms. The van der Waals surface area contributed by atoms with Crippen LogP contribution in [0.4, 0.5) is 4.39 Å². The number of hydrazine groups is 1. The summed E-state index contributed by atoms with van der Waals surface area (Å²) in [5.41, 5.74) is 5.53. The molecule has 0 radical (unpaired) electrons. The van der Waals surface area contributed by atoms with E-state index in [4.69, 9.17) is 12.2 Å². The minimum atomic E-state index is -0.427. The van der Waals surface area contributed by atoms with Crippen LogP contribution in [0.2, 0.25) is 0 Å². The van der Waals surface area contributed by atoms with Crippen molar-refractivity contribution in [2.75, 3.05) is 7.05 Å². The third-order valence-electron chi connectivity index (χ3n) is 2.85. The highest BCUT2D eigenvalue weighted by atomic mass is 79.9. The highest BCUT2D eigenvalue weighted by Crippen LogP contribution is 2.30. The van der Waals surface area contributed by atoms with Crippen LogP contribution in [0.3, 0.4) is 0 Å². The molecule has 3 N–H and O–H groups in total. The second-order valence-electron chi connectivity index (χ2n) is 4.94. The summed E-state index contributed by atoms with van der Waals surface area (Å²) in [5, 5.41) is 3.02. The number of rotatable bonds is 3. The fraction of sp³-hybridized carbons (Fsp3) is 0.385. The molecule has 0 bridgehead atoms. The Morgan fingerprint density at radius 1 is 1.40 bits per heavy atom. The maximum absolute atomic E-state index is 13.2. The first-order chi connectivity index (χ1) is 9.26. The average molecular weight is 362 g/mol. The third kappa shape index (κ3) is 4.72. The Kier molecular flexibility index (Phi) is 5.88. The van der Waals surface area contributed by atoms with Gasteiger partial charge in [-0.3, -0.25) is 15.6 Å². The average Bonchev–Trinajstić information content (AvgIpc) is 2.38. The van der Waals surface area contributed by atoms with E-state index in [-0.39, 0.29) is 18.1 Å². The van der Waals surface area contributed by atoms with Crippen LogP contribution in [0.5, 0.6) is 0 Å². The first kappa shape index (κ1) is 16.8. The van der Waals surface area contributed by atoms with Crippen LogP contribution in [0.15, 0.2) is 22.7 Å². The number of benzene rings is 1. The molecule has 0 aliphatic carbocycles. The van der Waals surface area contributed by atoms with Gasteiger partial charge in [0.25, 0.3) is 0 Å². The van der Waals surface area contributed by atoms with Crippen molar-refractivity contribution in [2.45, 2.75) is 25.7 Å². The van der Waals surface area contributed by atoms with Gasteiger partial charge in [-0.05, 0) is 51.3 Å². The Morgan fingerprint density at radius 3 is 2.60 bits per heavy atom. The third-order valence-corrected chi connectivity index (χ3v) is 3.76. The van der Waals surface area contributed by atoms with Crippen molar-refractivity contribution in [1.82, 2.24) is 16.2 Å².